The lowest BCUT2D eigenvalue weighted by Gasteiger charge is -2.18. The van der Waals surface area contributed by atoms with E-state index in [1.165, 1.54) is 11.5 Å². The molecule has 0 aliphatic heterocycles. The minimum absolute atomic E-state index is 0.272. The van der Waals surface area contributed by atoms with Gasteiger partial charge in [-0.2, -0.15) is 4.37 Å². The van der Waals surface area contributed by atoms with E-state index in [0.717, 1.165) is 11.0 Å². The maximum Gasteiger partial charge on any atom is 0.202 e. The maximum atomic E-state index is 5.81. The summed E-state index contributed by atoms with van der Waals surface area (Å²) in [5, 5.41) is 4.12. The monoisotopic (exact) mass is 219 g/mol. The summed E-state index contributed by atoms with van der Waals surface area (Å²) in [4.78, 5) is 4.22. The number of anilines is 1. The van der Waals surface area contributed by atoms with Crippen molar-refractivity contribution in [3.05, 3.63) is 5.82 Å². The van der Waals surface area contributed by atoms with Gasteiger partial charge in [0.2, 0.25) is 5.13 Å². The molecule has 1 aromatic rings. The molecule has 1 aromatic heterocycles. The van der Waals surface area contributed by atoms with E-state index in [0.29, 0.717) is 11.8 Å². The summed E-state index contributed by atoms with van der Waals surface area (Å²) in [6.45, 7) is 6.15. The maximum absolute atomic E-state index is 5.81. The van der Waals surface area contributed by atoms with Crippen LogP contribution in [0.5, 0.6) is 0 Å². The third-order valence-electron chi connectivity index (χ3n) is 1.81. The number of hydrogen-bond donors (Lipinski definition) is 1. The molecule has 1 atom stereocenters. The molecule has 0 aliphatic carbocycles. The number of halogens is 1. The number of nitrogens with zero attached hydrogens (tertiary/aromatic N) is 2. The average Bonchev–Trinajstić information content (AvgIpc) is 2.46. The van der Waals surface area contributed by atoms with Crippen molar-refractivity contribution in [2.24, 2.45) is 5.92 Å². The second-order valence-electron chi connectivity index (χ2n) is 3.30. The number of alkyl halides is 1. The Bertz CT molecular complexity index is 262. The second kappa shape index (κ2) is 4.77. The van der Waals surface area contributed by atoms with Gasteiger partial charge in [0.15, 0.2) is 0 Å². The highest BCUT2D eigenvalue weighted by Crippen LogP contribution is 2.15. The highest BCUT2D eigenvalue weighted by molar-refractivity contribution is 7.09. The van der Waals surface area contributed by atoms with Crippen LogP contribution in [-0.2, 0) is 0 Å². The van der Waals surface area contributed by atoms with Gasteiger partial charge in [-0.1, -0.05) is 13.8 Å². The van der Waals surface area contributed by atoms with E-state index in [-0.39, 0.29) is 6.04 Å². The molecule has 0 aliphatic rings. The molecule has 1 unspecified atom stereocenters. The van der Waals surface area contributed by atoms with Crippen molar-refractivity contribution in [1.82, 2.24) is 9.36 Å². The molecule has 0 saturated heterocycles. The van der Waals surface area contributed by atoms with Gasteiger partial charge >= 0.3 is 0 Å². The Morgan fingerprint density at radius 3 is 2.62 bits per heavy atom. The van der Waals surface area contributed by atoms with Crippen LogP contribution in [0, 0.1) is 12.8 Å². The molecular weight excluding hydrogens is 206 g/mol. The van der Waals surface area contributed by atoms with Crippen LogP contribution in [0.2, 0.25) is 0 Å². The number of nitrogens with one attached hydrogen (secondary N) is 1. The number of aryl methyl sites for hydroxylation is 1. The number of rotatable bonds is 4. The molecule has 0 amide bonds. The Morgan fingerprint density at radius 1 is 1.54 bits per heavy atom. The van der Waals surface area contributed by atoms with Crippen molar-refractivity contribution >= 4 is 28.3 Å². The van der Waals surface area contributed by atoms with Crippen LogP contribution < -0.4 is 5.32 Å². The molecule has 1 heterocycles. The molecule has 0 radical (unpaired) electrons. The molecular formula is C8H14ClN3S. The van der Waals surface area contributed by atoms with Crippen molar-refractivity contribution < 1.29 is 0 Å². The average molecular weight is 220 g/mol. The predicted molar refractivity (Wildman–Crippen MR) is 57.6 cm³/mol. The van der Waals surface area contributed by atoms with Crippen LogP contribution in [0.15, 0.2) is 0 Å². The van der Waals surface area contributed by atoms with Crippen molar-refractivity contribution in [2.75, 3.05) is 11.2 Å². The van der Waals surface area contributed by atoms with E-state index in [9.17, 15) is 0 Å². The summed E-state index contributed by atoms with van der Waals surface area (Å²) in [6.07, 6.45) is 0. The van der Waals surface area contributed by atoms with Crippen LogP contribution >= 0.6 is 23.1 Å². The van der Waals surface area contributed by atoms with Gasteiger partial charge in [-0.15, -0.1) is 11.6 Å². The van der Waals surface area contributed by atoms with Crippen LogP contribution in [0.1, 0.15) is 19.7 Å². The zero-order chi connectivity index (χ0) is 9.84. The highest BCUT2D eigenvalue weighted by Gasteiger charge is 2.13. The fraction of sp³-hybridized carbons (Fsp3) is 0.750. The minimum atomic E-state index is 0.272. The van der Waals surface area contributed by atoms with Gasteiger partial charge in [-0.3, -0.25) is 0 Å². The zero-order valence-corrected chi connectivity index (χ0v) is 9.61. The van der Waals surface area contributed by atoms with E-state index in [4.69, 9.17) is 11.6 Å². The first kappa shape index (κ1) is 10.7. The van der Waals surface area contributed by atoms with Gasteiger partial charge in [0.25, 0.3) is 0 Å². The van der Waals surface area contributed by atoms with Crippen molar-refractivity contribution in [1.29, 1.82) is 0 Å². The quantitative estimate of drug-likeness (QED) is 0.791. The summed E-state index contributed by atoms with van der Waals surface area (Å²) in [6, 6.07) is 0.272. The van der Waals surface area contributed by atoms with E-state index in [1.54, 1.807) is 0 Å². The SMILES string of the molecule is Cc1nsc(NC(CCl)C(C)C)n1. The normalized spacial score (nSPS) is 13.3. The third kappa shape index (κ3) is 3.12. The summed E-state index contributed by atoms with van der Waals surface area (Å²) >= 11 is 7.19. The van der Waals surface area contributed by atoms with Crippen LogP contribution in [0.3, 0.4) is 0 Å². The molecule has 0 bridgehead atoms. The topological polar surface area (TPSA) is 37.8 Å². The van der Waals surface area contributed by atoms with Crippen LogP contribution in [-0.4, -0.2) is 21.3 Å². The van der Waals surface area contributed by atoms with Gasteiger partial charge < -0.3 is 5.32 Å². The first-order chi connectivity index (χ1) is 6.13. The van der Waals surface area contributed by atoms with Crippen molar-refractivity contribution in [3.8, 4) is 0 Å². The van der Waals surface area contributed by atoms with Crippen molar-refractivity contribution in [3.63, 3.8) is 0 Å². The van der Waals surface area contributed by atoms with Gasteiger partial charge in [-0.05, 0) is 12.8 Å². The Morgan fingerprint density at radius 2 is 2.23 bits per heavy atom. The van der Waals surface area contributed by atoms with E-state index in [2.05, 4.69) is 28.5 Å². The standard InChI is InChI=1S/C8H14ClN3S/c1-5(2)7(4-9)11-8-10-6(3)12-13-8/h5,7H,4H2,1-3H3,(H,10,11,12). The Labute approximate surface area is 87.7 Å². The molecule has 74 valence electrons. The lowest BCUT2D eigenvalue weighted by atomic mass is 10.1. The smallest absolute Gasteiger partial charge is 0.202 e. The fourth-order valence-corrected chi connectivity index (χ4v) is 1.97. The lowest BCUT2D eigenvalue weighted by molar-refractivity contribution is 0.564. The molecule has 0 saturated carbocycles. The summed E-state index contributed by atoms with van der Waals surface area (Å²) in [5.74, 6) is 1.90. The molecule has 5 heteroatoms. The molecule has 1 rings (SSSR count). The highest BCUT2D eigenvalue weighted by atomic mass is 35.5. The zero-order valence-electron chi connectivity index (χ0n) is 8.04. The number of hydrogen-bond acceptors (Lipinski definition) is 4. The minimum Gasteiger partial charge on any atom is -0.356 e. The molecule has 13 heavy (non-hydrogen) atoms. The fourth-order valence-electron chi connectivity index (χ4n) is 0.898. The first-order valence-corrected chi connectivity index (χ1v) is 5.57. The summed E-state index contributed by atoms with van der Waals surface area (Å²) in [5.41, 5.74) is 0. The molecule has 0 spiro atoms. The van der Waals surface area contributed by atoms with E-state index in [1.807, 2.05) is 6.92 Å². The molecule has 0 aromatic carbocycles. The first-order valence-electron chi connectivity index (χ1n) is 4.26. The molecule has 1 N–H and O–H groups in total. The summed E-state index contributed by atoms with van der Waals surface area (Å²) < 4.78 is 4.09. The Kier molecular flexibility index (Phi) is 3.93. The Hall–Kier alpha value is -0.350. The number of aromatic nitrogens is 2. The Balaban J connectivity index is 2.56. The molecule has 0 fully saturated rings. The van der Waals surface area contributed by atoms with Crippen LogP contribution in [0.25, 0.3) is 0 Å². The molecule has 3 nitrogen and oxygen atoms in total. The van der Waals surface area contributed by atoms with E-state index >= 15 is 0 Å². The van der Waals surface area contributed by atoms with Crippen molar-refractivity contribution in [2.45, 2.75) is 26.8 Å². The third-order valence-corrected chi connectivity index (χ3v) is 2.88. The van der Waals surface area contributed by atoms with E-state index < -0.39 is 0 Å². The van der Waals surface area contributed by atoms with Gasteiger partial charge in [0.05, 0.1) is 0 Å². The van der Waals surface area contributed by atoms with Crippen LogP contribution in [0.4, 0.5) is 5.13 Å². The van der Waals surface area contributed by atoms with Gasteiger partial charge in [0, 0.05) is 23.5 Å². The van der Waals surface area contributed by atoms with Gasteiger partial charge in [-0.25, -0.2) is 4.98 Å². The summed E-state index contributed by atoms with van der Waals surface area (Å²) in [7, 11) is 0. The largest absolute Gasteiger partial charge is 0.356 e. The second-order valence-corrected chi connectivity index (χ2v) is 4.36. The predicted octanol–water partition coefficient (Wildman–Crippen LogP) is 2.52. The van der Waals surface area contributed by atoms with Gasteiger partial charge in [0.1, 0.15) is 5.82 Å². The lowest BCUT2D eigenvalue weighted by Crippen LogP contribution is -2.27.